The molecule has 6 nitrogen and oxygen atoms in total. The number of halogens is 2. The van der Waals surface area contributed by atoms with Crippen LogP contribution in [0.3, 0.4) is 0 Å². The highest BCUT2D eigenvalue weighted by Gasteiger charge is 2.37. The number of aromatic nitrogens is 2. The Morgan fingerprint density at radius 3 is 2.75 bits per heavy atom. The summed E-state index contributed by atoms with van der Waals surface area (Å²) in [6, 6.07) is 9.84. The van der Waals surface area contributed by atoms with Crippen LogP contribution in [0, 0.1) is 5.82 Å². The van der Waals surface area contributed by atoms with Gasteiger partial charge in [0.1, 0.15) is 11.6 Å². The van der Waals surface area contributed by atoms with Crippen LogP contribution < -0.4 is 10.1 Å². The summed E-state index contributed by atoms with van der Waals surface area (Å²) < 4.78 is 50.0. The zero-order valence-electron chi connectivity index (χ0n) is 17.6. The van der Waals surface area contributed by atoms with Gasteiger partial charge in [-0.05, 0) is 48.7 Å². The normalized spacial score (nSPS) is 19.8. The third kappa shape index (κ3) is 2.82. The van der Waals surface area contributed by atoms with E-state index in [1.54, 1.807) is 31.4 Å². The highest BCUT2D eigenvalue weighted by molar-refractivity contribution is 7.90. The quantitative estimate of drug-likeness (QED) is 0.480. The summed E-state index contributed by atoms with van der Waals surface area (Å²) in [5, 5.41) is 5.22. The molecule has 0 aliphatic carbocycles. The fourth-order valence-corrected chi connectivity index (χ4v) is 6.77. The summed E-state index contributed by atoms with van der Waals surface area (Å²) in [4.78, 5) is 0.132. The predicted octanol–water partition coefficient (Wildman–Crippen LogP) is 4.29. The molecule has 0 saturated carbocycles. The van der Waals surface area contributed by atoms with Crippen molar-refractivity contribution in [1.82, 2.24) is 13.9 Å². The molecule has 0 spiro atoms. The fraction of sp³-hybridized carbons (Fsp3) is 0.304. The van der Waals surface area contributed by atoms with Gasteiger partial charge in [-0.1, -0.05) is 0 Å². The molecule has 6 rings (SSSR count). The maximum absolute atomic E-state index is 13.9. The minimum atomic E-state index is -3.95. The van der Waals surface area contributed by atoms with E-state index in [9.17, 15) is 12.8 Å². The lowest BCUT2D eigenvalue weighted by Gasteiger charge is -2.23. The molecule has 0 amide bonds. The summed E-state index contributed by atoms with van der Waals surface area (Å²) in [5.41, 5.74) is 3.63. The fourth-order valence-electron chi connectivity index (χ4n) is 5.39. The van der Waals surface area contributed by atoms with Crippen LogP contribution in [0.1, 0.15) is 30.1 Å². The summed E-state index contributed by atoms with van der Waals surface area (Å²) in [6.45, 7) is 0. The van der Waals surface area contributed by atoms with Gasteiger partial charge in [-0.15, -0.1) is 12.4 Å². The Labute approximate surface area is 191 Å². The molecule has 32 heavy (non-hydrogen) atoms. The van der Waals surface area contributed by atoms with Gasteiger partial charge in [0.2, 0.25) is 0 Å². The van der Waals surface area contributed by atoms with Gasteiger partial charge >= 0.3 is 0 Å². The number of ether oxygens (including phenoxy) is 1. The zero-order valence-corrected chi connectivity index (χ0v) is 19.3. The lowest BCUT2D eigenvalue weighted by atomic mass is 9.99. The molecule has 168 valence electrons. The molecule has 1 fully saturated rings. The highest BCUT2D eigenvalue weighted by Crippen LogP contribution is 2.44. The van der Waals surface area contributed by atoms with Crippen LogP contribution >= 0.6 is 12.4 Å². The number of fused-ring (bicyclic) bond motifs is 7. The molecule has 9 heteroatoms. The van der Waals surface area contributed by atoms with Crippen LogP contribution in [0.15, 0.2) is 47.5 Å². The standard InChI is InChI=1S/C23H22FN3O3S.ClH/c1-26-20-10-15-5-6-18(25-15)22(20)17-11-16(12-21(30-2)23(17)26)31(28,29)27-8-7-13-3-4-14(24)9-19(13)27;/h3-4,7-9,11-12,15,18,25H,5-6,10H2,1-2H3;1H. The van der Waals surface area contributed by atoms with Crippen molar-refractivity contribution in [2.24, 2.45) is 7.05 Å². The lowest BCUT2D eigenvalue weighted by molar-refractivity contribution is 0.416. The van der Waals surface area contributed by atoms with Crippen LogP contribution in [0.2, 0.25) is 0 Å². The number of methoxy groups -OCH3 is 1. The highest BCUT2D eigenvalue weighted by atomic mass is 35.5. The van der Waals surface area contributed by atoms with Crippen LogP contribution in [-0.4, -0.2) is 30.1 Å². The molecular formula is C23H23ClFN3O3S. The van der Waals surface area contributed by atoms with E-state index < -0.39 is 15.8 Å². The van der Waals surface area contributed by atoms with Crippen molar-refractivity contribution in [3.05, 3.63) is 59.7 Å². The smallest absolute Gasteiger partial charge is 0.268 e. The first-order chi connectivity index (χ1) is 14.9. The van der Waals surface area contributed by atoms with E-state index in [2.05, 4.69) is 9.88 Å². The second-order valence-electron chi connectivity index (χ2n) is 8.46. The van der Waals surface area contributed by atoms with Gasteiger partial charge in [-0.25, -0.2) is 16.8 Å². The molecule has 4 heterocycles. The van der Waals surface area contributed by atoms with Crippen molar-refractivity contribution in [2.45, 2.75) is 36.2 Å². The van der Waals surface area contributed by atoms with Crippen molar-refractivity contribution in [3.8, 4) is 5.75 Å². The number of nitrogens with one attached hydrogen (secondary N) is 1. The Morgan fingerprint density at radius 1 is 1.16 bits per heavy atom. The van der Waals surface area contributed by atoms with Crippen LogP contribution in [0.25, 0.3) is 21.8 Å². The number of hydrogen-bond acceptors (Lipinski definition) is 4. The first kappa shape index (κ1) is 21.3. The van der Waals surface area contributed by atoms with E-state index in [4.69, 9.17) is 4.74 Å². The Morgan fingerprint density at radius 2 is 1.97 bits per heavy atom. The van der Waals surface area contributed by atoms with Crippen LogP contribution in [-0.2, 0) is 23.5 Å². The van der Waals surface area contributed by atoms with Gasteiger partial charge in [-0.3, -0.25) is 0 Å². The van der Waals surface area contributed by atoms with Crippen LogP contribution in [0.5, 0.6) is 5.75 Å². The van der Waals surface area contributed by atoms with Gasteiger partial charge in [0.15, 0.2) is 0 Å². The van der Waals surface area contributed by atoms with Gasteiger partial charge in [-0.2, -0.15) is 0 Å². The summed E-state index contributed by atoms with van der Waals surface area (Å²) in [7, 11) is -0.378. The number of aryl methyl sites for hydroxylation is 1. The molecule has 2 aliphatic heterocycles. The molecule has 2 aliphatic rings. The SMILES string of the molecule is COc1cc(S(=O)(=O)n2ccc3ccc(F)cc32)cc2c3c(n(C)c12)CC1CCC3N1.Cl. The van der Waals surface area contributed by atoms with Gasteiger partial charge in [0.25, 0.3) is 10.0 Å². The van der Waals surface area contributed by atoms with E-state index in [0.29, 0.717) is 22.7 Å². The third-order valence-corrected chi connectivity index (χ3v) is 8.48. The first-order valence-electron chi connectivity index (χ1n) is 10.4. The van der Waals surface area contributed by atoms with Gasteiger partial charge < -0.3 is 14.6 Å². The van der Waals surface area contributed by atoms with Crippen molar-refractivity contribution >= 4 is 44.2 Å². The number of nitrogens with zero attached hydrogens (tertiary/aromatic N) is 2. The lowest BCUT2D eigenvalue weighted by Crippen LogP contribution is -2.32. The van der Waals surface area contributed by atoms with E-state index in [0.717, 1.165) is 34.1 Å². The Hall–Kier alpha value is -2.55. The minimum absolute atomic E-state index is 0. The molecule has 1 saturated heterocycles. The molecule has 2 bridgehead atoms. The Balaban J connectivity index is 0.00000216. The molecule has 2 aromatic carbocycles. The molecule has 4 aromatic rings. The van der Waals surface area contributed by atoms with Gasteiger partial charge in [0.05, 0.1) is 23.0 Å². The number of benzene rings is 2. The second-order valence-corrected chi connectivity index (χ2v) is 10.3. The monoisotopic (exact) mass is 475 g/mol. The van der Waals surface area contributed by atoms with Crippen molar-refractivity contribution in [1.29, 1.82) is 0 Å². The second kappa shape index (κ2) is 7.23. The van der Waals surface area contributed by atoms with Gasteiger partial charge in [0, 0.05) is 54.3 Å². The van der Waals surface area contributed by atoms with E-state index in [-0.39, 0.29) is 23.3 Å². The Bertz CT molecular complexity index is 1490. The zero-order chi connectivity index (χ0) is 21.5. The summed E-state index contributed by atoms with van der Waals surface area (Å²) in [5.74, 6) is 0.0427. The predicted molar refractivity (Wildman–Crippen MR) is 124 cm³/mol. The number of rotatable bonds is 3. The minimum Gasteiger partial charge on any atom is -0.495 e. The summed E-state index contributed by atoms with van der Waals surface area (Å²) in [6.07, 6.45) is 4.55. The van der Waals surface area contributed by atoms with Crippen LogP contribution in [0.4, 0.5) is 4.39 Å². The molecule has 2 unspecified atom stereocenters. The average molecular weight is 476 g/mol. The Kier molecular flexibility index (Phi) is 4.81. The molecule has 1 N–H and O–H groups in total. The van der Waals surface area contributed by atoms with Crippen molar-refractivity contribution < 1.29 is 17.5 Å². The van der Waals surface area contributed by atoms with Crippen molar-refractivity contribution in [3.63, 3.8) is 0 Å². The number of hydrogen-bond donors (Lipinski definition) is 1. The topological polar surface area (TPSA) is 65.3 Å². The summed E-state index contributed by atoms with van der Waals surface area (Å²) >= 11 is 0. The maximum atomic E-state index is 13.9. The van der Waals surface area contributed by atoms with E-state index in [1.807, 2.05) is 7.05 Å². The molecular weight excluding hydrogens is 453 g/mol. The average Bonchev–Trinajstić information content (AvgIpc) is 3.43. The third-order valence-electron chi connectivity index (χ3n) is 6.81. The molecule has 0 radical (unpaired) electrons. The largest absolute Gasteiger partial charge is 0.495 e. The molecule has 2 atom stereocenters. The molecule has 2 aromatic heterocycles. The van der Waals surface area contributed by atoms with Crippen molar-refractivity contribution in [2.75, 3.05) is 7.11 Å². The first-order valence-corrected chi connectivity index (χ1v) is 11.8. The van der Waals surface area contributed by atoms with E-state index in [1.165, 1.54) is 29.6 Å². The maximum Gasteiger partial charge on any atom is 0.268 e. The van der Waals surface area contributed by atoms with E-state index >= 15 is 0 Å².